The molecule has 0 aliphatic rings. The highest BCUT2D eigenvalue weighted by atomic mass is 32.1. The molecule has 0 fully saturated rings. The van der Waals surface area contributed by atoms with Crippen LogP contribution in [0, 0.1) is 5.82 Å². The standard InChI is InChI=1S/C23H22F4N6OS/c1-12(31-20(34)16-8-18-17(9-28-16)30-11-33(18)4)19-10-29-21(35-19)32-15-7-13(5-6-14(15)24)22(2,3)23(25,26)27/h5-12H,1-4H3,(H,29,32)(H,31,34). The first kappa shape index (κ1) is 24.6. The third-order valence-corrected chi connectivity index (χ3v) is 6.88. The average Bonchev–Trinajstić information content (AvgIpc) is 3.41. The van der Waals surface area contributed by atoms with Crippen molar-refractivity contribution < 1.29 is 22.4 Å². The number of aromatic nitrogens is 4. The van der Waals surface area contributed by atoms with Crippen molar-refractivity contribution in [2.75, 3.05) is 5.32 Å². The highest BCUT2D eigenvalue weighted by Crippen LogP contribution is 2.41. The zero-order valence-electron chi connectivity index (χ0n) is 19.2. The van der Waals surface area contributed by atoms with Crippen LogP contribution >= 0.6 is 11.3 Å². The summed E-state index contributed by atoms with van der Waals surface area (Å²) in [5.74, 6) is -1.10. The Kier molecular flexibility index (Phi) is 6.26. The monoisotopic (exact) mass is 506 g/mol. The second-order valence-electron chi connectivity index (χ2n) is 8.62. The molecule has 0 spiro atoms. The fourth-order valence-corrected chi connectivity index (χ4v) is 4.16. The Bertz CT molecular complexity index is 1390. The molecule has 184 valence electrons. The van der Waals surface area contributed by atoms with Crippen LogP contribution in [-0.2, 0) is 12.5 Å². The minimum atomic E-state index is -4.50. The number of nitrogens with one attached hydrogen (secondary N) is 2. The van der Waals surface area contributed by atoms with Crippen molar-refractivity contribution in [2.45, 2.75) is 38.4 Å². The molecule has 0 aliphatic heterocycles. The number of carbonyl (C=O) groups excluding carboxylic acids is 1. The van der Waals surface area contributed by atoms with Gasteiger partial charge < -0.3 is 15.2 Å². The molecule has 2 N–H and O–H groups in total. The van der Waals surface area contributed by atoms with Gasteiger partial charge in [-0.05, 0) is 44.5 Å². The number of amides is 1. The molecule has 0 aliphatic carbocycles. The number of halogens is 4. The van der Waals surface area contributed by atoms with Gasteiger partial charge in [-0.25, -0.2) is 19.3 Å². The lowest BCUT2D eigenvalue weighted by Gasteiger charge is -2.28. The van der Waals surface area contributed by atoms with Gasteiger partial charge in [-0.1, -0.05) is 17.4 Å². The van der Waals surface area contributed by atoms with E-state index in [4.69, 9.17) is 0 Å². The third kappa shape index (κ3) is 4.83. The molecule has 0 radical (unpaired) electrons. The summed E-state index contributed by atoms with van der Waals surface area (Å²) in [5.41, 5.74) is -0.696. The highest BCUT2D eigenvalue weighted by molar-refractivity contribution is 7.15. The molecule has 0 bridgehead atoms. The summed E-state index contributed by atoms with van der Waals surface area (Å²) in [5, 5.41) is 5.86. The summed E-state index contributed by atoms with van der Waals surface area (Å²) in [4.78, 5) is 25.8. The van der Waals surface area contributed by atoms with Gasteiger partial charge in [0, 0.05) is 18.1 Å². The van der Waals surface area contributed by atoms with E-state index >= 15 is 0 Å². The number of pyridine rings is 1. The van der Waals surface area contributed by atoms with E-state index in [1.807, 2.05) is 7.05 Å². The van der Waals surface area contributed by atoms with Crippen LogP contribution in [0.15, 0.2) is 43.0 Å². The predicted octanol–water partition coefficient (Wildman–Crippen LogP) is 5.64. The first-order valence-electron chi connectivity index (χ1n) is 10.5. The van der Waals surface area contributed by atoms with Crippen LogP contribution in [0.5, 0.6) is 0 Å². The summed E-state index contributed by atoms with van der Waals surface area (Å²) in [6.45, 7) is 3.83. The highest BCUT2D eigenvalue weighted by Gasteiger charge is 2.48. The van der Waals surface area contributed by atoms with Crippen molar-refractivity contribution in [3.63, 3.8) is 0 Å². The van der Waals surface area contributed by atoms with E-state index in [2.05, 4.69) is 25.6 Å². The maximum Gasteiger partial charge on any atom is 0.397 e. The maximum absolute atomic E-state index is 14.3. The molecular weight excluding hydrogens is 484 g/mol. The van der Waals surface area contributed by atoms with Crippen molar-refractivity contribution >= 4 is 39.1 Å². The summed E-state index contributed by atoms with van der Waals surface area (Å²) in [6, 6.07) is 4.45. The van der Waals surface area contributed by atoms with Gasteiger partial charge in [0.25, 0.3) is 5.91 Å². The fourth-order valence-electron chi connectivity index (χ4n) is 3.33. The minimum absolute atomic E-state index is 0.0794. The quantitative estimate of drug-likeness (QED) is 0.331. The second kappa shape index (κ2) is 8.91. The van der Waals surface area contributed by atoms with Crippen molar-refractivity contribution in [2.24, 2.45) is 7.05 Å². The SMILES string of the molecule is CC(NC(=O)c1cc2c(cn1)ncn2C)c1cnc(Nc2cc(C(C)(C)C(F)(F)F)ccc2F)s1. The second-order valence-corrected chi connectivity index (χ2v) is 9.68. The number of hydrogen-bond acceptors (Lipinski definition) is 6. The average molecular weight is 507 g/mol. The maximum atomic E-state index is 14.3. The smallest absolute Gasteiger partial charge is 0.343 e. The Morgan fingerprint density at radius 2 is 1.86 bits per heavy atom. The van der Waals surface area contributed by atoms with Crippen LogP contribution in [0.2, 0.25) is 0 Å². The van der Waals surface area contributed by atoms with Gasteiger partial charge in [0.15, 0.2) is 5.13 Å². The zero-order valence-corrected chi connectivity index (χ0v) is 20.1. The molecule has 1 amide bonds. The molecular formula is C23H22F4N6OS. The van der Waals surface area contributed by atoms with Crippen LogP contribution in [0.25, 0.3) is 11.0 Å². The molecule has 7 nitrogen and oxygen atoms in total. The minimum Gasteiger partial charge on any atom is -0.343 e. The van der Waals surface area contributed by atoms with E-state index in [0.29, 0.717) is 10.4 Å². The van der Waals surface area contributed by atoms with Crippen molar-refractivity contribution in [1.82, 2.24) is 24.8 Å². The number of anilines is 2. The first-order valence-corrected chi connectivity index (χ1v) is 11.4. The zero-order chi connectivity index (χ0) is 25.5. The van der Waals surface area contributed by atoms with Gasteiger partial charge in [0.05, 0.1) is 35.2 Å². The van der Waals surface area contributed by atoms with Gasteiger partial charge >= 0.3 is 6.18 Å². The Labute approximate surface area is 202 Å². The van der Waals surface area contributed by atoms with E-state index in [1.165, 1.54) is 12.4 Å². The normalized spacial score (nSPS) is 13.1. The number of carbonyl (C=O) groups is 1. The van der Waals surface area contributed by atoms with Crippen LogP contribution < -0.4 is 10.6 Å². The lowest BCUT2D eigenvalue weighted by atomic mass is 9.83. The molecule has 12 heteroatoms. The molecule has 3 heterocycles. The molecule has 3 aromatic heterocycles. The van der Waals surface area contributed by atoms with Gasteiger partial charge in [-0.2, -0.15) is 13.2 Å². The summed E-state index contributed by atoms with van der Waals surface area (Å²) in [6.07, 6.45) is 0.162. The molecule has 1 atom stereocenters. The molecule has 0 saturated carbocycles. The van der Waals surface area contributed by atoms with Crippen LogP contribution in [0.3, 0.4) is 0 Å². The van der Waals surface area contributed by atoms with Gasteiger partial charge in [-0.15, -0.1) is 0 Å². The number of alkyl halides is 3. The number of aryl methyl sites for hydroxylation is 1. The molecule has 1 aromatic carbocycles. The van der Waals surface area contributed by atoms with E-state index in [1.54, 1.807) is 23.9 Å². The van der Waals surface area contributed by atoms with E-state index < -0.39 is 29.4 Å². The lowest BCUT2D eigenvalue weighted by Crippen LogP contribution is -2.36. The fraction of sp³-hybridized carbons (Fsp3) is 0.304. The largest absolute Gasteiger partial charge is 0.397 e. The number of hydrogen-bond donors (Lipinski definition) is 2. The molecule has 4 aromatic rings. The van der Waals surface area contributed by atoms with Gasteiger partial charge in [0.1, 0.15) is 17.0 Å². The summed E-state index contributed by atoms with van der Waals surface area (Å²) in [7, 11) is 1.81. The van der Waals surface area contributed by atoms with Crippen molar-refractivity contribution in [3.05, 3.63) is 64.9 Å². The van der Waals surface area contributed by atoms with Crippen molar-refractivity contribution in [1.29, 1.82) is 0 Å². The van der Waals surface area contributed by atoms with Crippen LogP contribution in [0.1, 0.15) is 47.7 Å². The lowest BCUT2D eigenvalue weighted by molar-refractivity contribution is -0.180. The molecule has 0 saturated heterocycles. The van der Waals surface area contributed by atoms with Gasteiger partial charge in [0.2, 0.25) is 0 Å². The Morgan fingerprint density at radius 3 is 2.57 bits per heavy atom. The van der Waals surface area contributed by atoms with Crippen LogP contribution in [0.4, 0.5) is 28.4 Å². The summed E-state index contributed by atoms with van der Waals surface area (Å²) >= 11 is 1.15. The number of fused-ring (bicyclic) bond motifs is 1. The third-order valence-electron chi connectivity index (χ3n) is 5.78. The number of nitrogens with zero attached hydrogens (tertiary/aromatic N) is 4. The Balaban J connectivity index is 1.48. The van der Waals surface area contributed by atoms with E-state index in [9.17, 15) is 22.4 Å². The number of thiazole rings is 1. The Hall–Kier alpha value is -3.54. The molecule has 1 unspecified atom stereocenters. The topological polar surface area (TPSA) is 84.7 Å². The predicted molar refractivity (Wildman–Crippen MR) is 125 cm³/mol. The van der Waals surface area contributed by atoms with Crippen molar-refractivity contribution in [3.8, 4) is 0 Å². The number of benzene rings is 1. The Morgan fingerprint density at radius 1 is 1.11 bits per heavy atom. The number of imidazole rings is 1. The first-order chi connectivity index (χ1) is 16.4. The van der Waals surface area contributed by atoms with Gasteiger partial charge in [-0.3, -0.25) is 4.79 Å². The molecule has 4 rings (SSSR count). The molecule has 35 heavy (non-hydrogen) atoms. The van der Waals surface area contributed by atoms with E-state index in [0.717, 1.165) is 48.9 Å². The van der Waals surface area contributed by atoms with E-state index in [-0.39, 0.29) is 22.1 Å². The summed E-state index contributed by atoms with van der Waals surface area (Å²) < 4.78 is 56.4. The van der Waals surface area contributed by atoms with Crippen LogP contribution in [-0.4, -0.2) is 31.6 Å². The number of rotatable bonds is 6.